The lowest BCUT2D eigenvalue weighted by molar-refractivity contribution is -0.0498. The van der Waals surface area contributed by atoms with E-state index in [4.69, 9.17) is 0 Å². The minimum absolute atomic E-state index is 0.0793. The van der Waals surface area contributed by atoms with Crippen molar-refractivity contribution in [3.8, 4) is 5.75 Å². The Hall–Kier alpha value is -3.41. The number of alkyl halides is 2. The summed E-state index contributed by atoms with van der Waals surface area (Å²) in [4.78, 5) is 0. The lowest BCUT2D eigenvalue weighted by atomic mass is 9.96. The number of aryl methyl sites for hydroxylation is 4. The molecule has 0 radical (unpaired) electrons. The molecule has 4 aromatic carbocycles. The van der Waals surface area contributed by atoms with Gasteiger partial charge < -0.3 is 4.74 Å². The first-order valence-corrected chi connectivity index (χ1v) is 12.5. The summed E-state index contributed by atoms with van der Waals surface area (Å²) in [7, 11) is 0. The van der Waals surface area contributed by atoms with Crippen molar-refractivity contribution in [1.82, 2.24) is 0 Å². The average molecular weight is 513 g/mol. The van der Waals surface area contributed by atoms with Gasteiger partial charge >= 0.3 is 6.61 Å². The first-order valence-electron chi connectivity index (χ1n) is 12.5. The van der Waals surface area contributed by atoms with Crippen molar-refractivity contribution in [2.45, 2.75) is 58.5 Å². The first kappa shape index (κ1) is 26.6. The molecule has 0 N–H and O–H groups in total. The Morgan fingerprint density at radius 2 is 1.35 bits per heavy atom. The minimum Gasteiger partial charge on any atom is -0.435 e. The molecule has 0 fully saturated rings. The van der Waals surface area contributed by atoms with Crippen LogP contribution < -0.4 is 4.74 Å². The van der Waals surface area contributed by atoms with Gasteiger partial charge in [0.05, 0.1) is 0 Å². The minimum atomic E-state index is -2.87. The van der Waals surface area contributed by atoms with Crippen LogP contribution in [-0.2, 0) is 32.1 Å². The highest BCUT2D eigenvalue weighted by atomic mass is 19.3. The van der Waals surface area contributed by atoms with E-state index in [0.29, 0.717) is 42.2 Å². The normalized spacial score (nSPS) is 11.4. The second-order valence-electron chi connectivity index (χ2n) is 9.26. The maximum atomic E-state index is 15.2. The molecule has 0 heterocycles. The molecular weight excluding hydrogens is 483 g/mol. The Bertz CT molecular complexity index is 1330. The lowest BCUT2D eigenvalue weighted by Gasteiger charge is -2.11. The van der Waals surface area contributed by atoms with Crippen LogP contribution >= 0.6 is 0 Å². The molecule has 0 unspecified atom stereocenters. The van der Waals surface area contributed by atoms with Crippen LogP contribution in [0.25, 0.3) is 10.8 Å². The second kappa shape index (κ2) is 12.2. The predicted octanol–water partition coefficient (Wildman–Crippen LogP) is 8.77. The third-order valence-corrected chi connectivity index (χ3v) is 6.61. The van der Waals surface area contributed by atoms with Crippen LogP contribution in [0.2, 0.25) is 0 Å². The highest BCUT2D eigenvalue weighted by Crippen LogP contribution is 2.26. The van der Waals surface area contributed by atoms with Crippen molar-refractivity contribution in [2.75, 3.05) is 0 Å². The van der Waals surface area contributed by atoms with Gasteiger partial charge in [-0.1, -0.05) is 55.8 Å². The summed E-state index contributed by atoms with van der Waals surface area (Å²) in [6, 6.07) is 18.1. The number of unbranched alkanes of at least 4 members (excludes halogenated alkanes) is 1. The van der Waals surface area contributed by atoms with Gasteiger partial charge in [0, 0.05) is 10.9 Å². The number of benzene rings is 4. The van der Waals surface area contributed by atoms with E-state index in [1.165, 1.54) is 24.3 Å². The zero-order valence-corrected chi connectivity index (χ0v) is 20.7. The van der Waals surface area contributed by atoms with Crippen molar-refractivity contribution in [3.63, 3.8) is 0 Å². The molecule has 37 heavy (non-hydrogen) atoms. The van der Waals surface area contributed by atoms with Crippen molar-refractivity contribution >= 4 is 10.8 Å². The third-order valence-electron chi connectivity index (χ3n) is 6.61. The molecule has 0 aliphatic rings. The summed E-state index contributed by atoms with van der Waals surface area (Å²) >= 11 is 0. The summed E-state index contributed by atoms with van der Waals surface area (Å²) < 4.78 is 73.2. The summed E-state index contributed by atoms with van der Waals surface area (Å²) in [6.45, 7) is -0.835. The van der Waals surface area contributed by atoms with Crippen LogP contribution in [0.4, 0.5) is 22.0 Å². The van der Waals surface area contributed by atoms with Crippen molar-refractivity contribution in [1.29, 1.82) is 0 Å². The second-order valence-corrected chi connectivity index (χ2v) is 9.26. The topological polar surface area (TPSA) is 9.23 Å². The molecule has 0 saturated heterocycles. The quantitative estimate of drug-likeness (QED) is 0.183. The molecule has 4 rings (SSSR count). The predicted molar refractivity (Wildman–Crippen MR) is 137 cm³/mol. The van der Waals surface area contributed by atoms with Crippen LogP contribution in [0.15, 0.2) is 66.7 Å². The van der Waals surface area contributed by atoms with Crippen molar-refractivity contribution in [2.24, 2.45) is 0 Å². The van der Waals surface area contributed by atoms with E-state index in [1.807, 2.05) is 19.1 Å². The Morgan fingerprint density at radius 1 is 0.676 bits per heavy atom. The number of fused-ring (bicyclic) bond motifs is 1. The van der Waals surface area contributed by atoms with Gasteiger partial charge in [0.15, 0.2) is 0 Å². The van der Waals surface area contributed by atoms with Gasteiger partial charge in [-0.25, -0.2) is 13.2 Å². The molecule has 0 aliphatic carbocycles. The van der Waals surface area contributed by atoms with E-state index in [2.05, 4.69) is 4.74 Å². The van der Waals surface area contributed by atoms with E-state index in [-0.39, 0.29) is 23.6 Å². The van der Waals surface area contributed by atoms with E-state index in [0.717, 1.165) is 29.4 Å². The van der Waals surface area contributed by atoms with Gasteiger partial charge in [0.1, 0.15) is 23.2 Å². The van der Waals surface area contributed by atoms with E-state index in [1.54, 1.807) is 30.3 Å². The Morgan fingerprint density at radius 3 is 2.03 bits per heavy atom. The van der Waals surface area contributed by atoms with Gasteiger partial charge in [-0.05, 0) is 90.4 Å². The van der Waals surface area contributed by atoms with Crippen LogP contribution in [0.5, 0.6) is 5.75 Å². The van der Waals surface area contributed by atoms with E-state index in [9.17, 15) is 17.6 Å². The zero-order valence-electron chi connectivity index (χ0n) is 20.7. The zero-order chi connectivity index (χ0) is 26.4. The fraction of sp³-hybridized carbons (Fsp3) is 0.290. The van der Waals surface area contributed by atoms with Crippen molar-refractivity contribution < 1.29 is 26.7 Å². The number of hydrogen-bond donors (Lipinski definition) is 0. The van der Waals surface area contributed by atoms with Crippen LogP contribution in [-0.4, -0.2) is 6.61 Å². The molecule has 0 spiro atoms. The smallest absolute Gasteiger partial charge is 0.387 e. The summed E-state index contributed by atoms with van der Waals surface area (Å²) in [5.74, 6) is -1.25. The molecule has 194 valence electrons. The molecular formula is C31H29F5O. The Balaban J connectivity index is 1.41. The van der Waals surface area contributed by atoms with Gasteiger partial charge in [-0.3, -0.25) is 0 Å². The average Bonchev–Trinajstić information content (AvgIpc) is 2.87. The SMILES string of the molecule is CCCCc1cc(F)c(CCc2ccc3c(F)c(CCc4ccc(OC(F)F)cc4)ccc3c2)c(F)c1. The summed E-state index contributed by atoms with van der Waals surface area (Å²) in [5.41, 5.74) is 3.07. The van der Waals surface area contributed by atoms with Crippen molar-refractivity contribution in [3.05, 3.63) is 112 Å². The molecule has 0 amide bonds. The fourth-order valence-electron chi connectivity index (χ4n) is 4.54. The van der Waals surface area contributed by atoms with E-state index < -0.39 is 18.2 Å². The van der Waals surface area contributed by atoms with Gasteiger partial charge in [-0.2, -0.15) is 8.78 Å². The van der Waals surface area contributed by atoms with E-state index >= 15 is 4.39 Å². The molecule has 1 nitrogen and oxygen atoms in total. The lowest BCUT2D eigenvalue weighted by Crippen LogP contribution is -2.02. The largest absolute Gasteiger partial charge is 0.435 e. The molecule has 0 atom stereocenters. The number of rotatable bonds is 11. The maximum Gasteiger partial charge on any atom is 0.387 e. The highest BCUT2D eigenvalue weighted by molar-refractivity contribution is 5.84. The Kier molecular flexibility index (Phi) is 8.80. The number of halogens is 5. The van der Waals surface area contributed by atoms with Gasteiger partial charge in [-0.15, -0.1) is 0 Å². The fourth-order valence-corrected chi connectivity index (χ4v) is 4.54. The molecule has 0 aromatic heterocycles. The molecule has 4 aromatic rings. The molecule has 0 aliphatic heterocycles. The van der Waals surface area contributed by atoms with Crippen LogP contribution in [0, 0.1) is 17.5 Å². The third kappa shape index (κ3) is 6.88. The standard InChI is InChI=1S/C31H29F5O/c1-2-3-4-22-18-28(32)27(29(33)19-22)16-9-21-8-15-26-24(17-21)12-11-23(30(26)34)10-5-20-6-13-25(14-7-20)37-31(35)36/h6-8,11-15,17-19,31H,2-5,9-10,16H2,1H3. The Labute approximate surface area is 213 Å². The van der Waals surface area contributed by atoms with Crippen LogP contribution in [0.3, 0.4) is 0 Å². The molecule has 0 saturated carbocycles. The summed E-state index contributed by atoms with van der Waals surface area (Å²) in [6.07, 6.45) is 4.16. The summed E-state index contributed by atoms with van der Waals surface area (Å²) in [5, 5.41) is 1.21. The molecule has 6 heteroatoms. The van der Waals surface area contributed by atoms with Gasteiger partial charge in [0.2, 0.25) is 0 Å². The highest BCUT2D eigenvalue weighted by Gasteiger charge is 2.13. The monoisotopic (exact) mass is 512 g/mol. The first-order chi connectivity index (χ1) is 17.8. The number of ether oxygens (including phenoxy) is 1. The van der Waals surface area contributed by atoms with Crippen LogP contribution in [0.1, 0.15) is 47.6 Å². The maximum absolute atomic E-state index is 15.2. The number of hydrogen-bond acceptors (Lipinski definition) is 1. The van der Waals surface area contributed by atoms with Gasteiger partial charge in [0.25, 0.3) is 0 Å². The molecule has 0 bridgehead atoms.